The second-order valence-corrected chi connectivity index (χ2v) is 5.06. The smallest absolute Gasteiger partial charge is 0.238 e. The lowest BCUT2D eigenvalue weighted by Crippen LogP contribution is -2.29. The van der Waals surface area contributed by atoms with E-state index in [1.807, 2.05) is 26.0 Å². The lowest BCUT2D eigenvalue weighted by atomic mass is 10.1. The highest BCUT2D eigenvalue weighted by Crippen LogP contribution is 2.24. The number of aryl methyl sites for hydroxylation is 2. The van der Waals surface area contributed by atoms with Crippen LogP contribution in [-0.4, -0.2) is 19.0 Å². The molecule has 0 aliphatic rings. The van der Waals surface area contributed by atoms with Gasteiger partial charge < -0.3 is 10.6 Å². The first-order valence-electron chi connectivity index (χ1n) is 5.82. The van der Waals surface area contributed by atoms with Crippen molar-refractivity contribution < 1.29 is 4.79 Å². The molecule has 94 valence electrons. The monoisotopic (exact) mass is 298 g/mol. The molecular formula is C13H19BrN2O. The molecular weight excluding hydrogens is 280 g/mol. The third-order valence-corrected chi connectivity index (χ3v) is 2.93. The van der Waals surface area contributed by atoms with Gasteiger partial charge in [-0.05, 0) is 50.1 Å². The van der Waals surface area contributed by atoms with E-state index in [2.05, 4.69) is 33.5 Å². The van der Waals surface area contributed by atoms with Gasteiger partial charge in [0.1, 0.15) is 0 Å². The summed E-state index contributed by atoms with van der Waals surface area (Å²) in [5.41, 5.74) is 3.05. The molecule has 0 aliphatic carbocycles. The molecule has 0 aromatic heterocycles. The Morgan fingerprint density at radius 2 is 1.88 bits per heavy atom. The zero-order valence-corrected chi connectivity index (χ0v) is 12.1. The highest BCUT2D eigenvalue weighted by molar-refractivity contribution is 9.10. The summed E-state index contributed by atoms with van der Waals surface area (Å²) in [7, 11) is 0. The van der Waals surface area contributed by atoms with Gasteiger partial charge in [-0.1, -0.05) is 22.9 Å². The number of amides is 1. The second kappa shape index (κ2) is 6.77. The van der Waals surface area contributed by atoms with Crippen molar-refractivity contribution in [3.05, 3.63) is 27.7 Å². The summed E-state index contributed by atoms with van der Waals surface area (Å²) in [6.45, 7) is 7.29. The van der Waals surface area contributed by atoms with Gasteiger partial charge in [0.25, 0.3) is 0 Å². The van der Waals surface area contributed by atoms with Crippen LogP contribution in [0, 0.1) is 13.8 Å². The van der Waals surface area contributed by atoms with Crippen molar-refractivity contribution in [3.8, 4) is 0 Å². The molecule has 1 aromatic rings. The van der Waals surface area contributed by atoms with Crippen molar-refractivity contribution in [1.82, 2.24) is 5.32 Å². The molecule has 0 bridgehead atoms. The molecule has 0 saturated carbocycles. The standard InChI is InChI=1S/C13H19BrN2O/c1-4-5-15-8-12(17)16-13-9(2)6-11(14)7-10(13)3/h6-7,15H,4-5,8H2,1-3H3,(H,16,17). The third kappa shape index (κ3) is 4.48. The van der Waals surface area contributed by atoms with Crippen LogP contribution in [0.25, 0.3) is 0 Å². The lowest BCUT2D eigenvalue weighted by Gasteiger charge is -2.12. The second-order valence-electron chi connectivity index (χ2n) is 4.14. The summed E-state index contributed by atoms with van der Waals surface area (Å²) in [4.78, 5) is 11.7. The Balaban J connectivity index is 2.65. The Hall–Kier alpha value is -0.870. The van der Waals surface area contributed by atoms with E-state index < -0.39 is 0 Å². The number of hydrogen-bond acceptors (Lipinski definition) is 2. The first-order valence-corrected chi connectivity index (χ1v) is 6.61. The number of rotatable bonds is 5. The maximum atomic E-state index is 11.7. The number of anilines is 1. The van der Waals surface area contributed by atoms with E-state index in [0.717, 1.165) is 34.3 Å². The maximum Gasteiger partial charge on any atom is 0.238 e. The van der Waals surface area contributed by atoms with Gasteiger partial charge in [0.2, 0.25) is 5.91 Å². The Morgan fingerprint density at radius 3 is 2.41 bits per heavy atom. The van der Waals surface area contributed by atoms with E-state index in [-0.39, 0.29) is 5.91 Å². The summed E-state index contributed by atoms with van der Waals surface area (Å²) in [5, 5.41) is 6.03. The lowest BCUT2D eigenvalue weighted by molar-refractivity contribution is -0.115. The van der Waals surface area contributed by atoms with Crippen LogP contribution in [0.1, 0.15) is 24.5 Å². The average Bonchev–Trinajstić information content (AvgIpc) is 2.24. The van der Waals surface area contributed by atoms with Gasteiger partial charge in [-0.2, -0.15) is 0 Å². The molecule has 17 heavy (non-hydrogen) atoms. The SMILES string of the molecule is CCCNCC(=O)Nc1c(C)cc(Br)cc1C. The first kappa shape index (κ1) is 14.2. The molecule has 0 saturated heterocycles. The molecule has 1 aromatic carbocycles. The Bertz CT molecular complexity index is 381. The summed E-state index contributed by atoms with van der Waals surface area (Å²) >= 11 is 3.44. The fourth-order valence-electron chi connectivity index (χ4n) is 1.67. The highest BCUT2D eigenvalue weighted by Gasteiger charge is 2.07. The molecule has 0 atom stereocenters. The van der Waals surface area contributed by atoms with Gasteiger partial charge in [0.15, 0.2) is 0 Å². The Labute approximate surface area is 111 Å². The molecule has 0 spiro atoms. The third-order valence-electron chi connectivity index (χ3n) is 2.47. The molecule has 0 aliphatic heterocycles. The normalized spacial score (nSPS) is 10.4. The summed E-state index contributed by atoms with van der Waals surface area (Å²) in [6.07, 6.45) is 1.03. The molecule has 2 N–H and O–H groups in total. The van der Waals surface area contributed by atoms with Gasteiger partial charge in [-0.15, -0.1) is 0 Å². The first-order chi connectivity index (χ1) is 8.04. The van der Waals surface area contributed by atoms with E-state index in [4.69, 9.17) is 0 Å². The molecule has 4 heteroatoms. The van der Waals surface area contributed by atoms with Crippen LogP contribution in [0.3, 0.4) is 0 Å². The maximum absolute atomic E-state index is 11.7. The summed E-state index contributed by atoms with van der Waals surface area (Å²) in [5.74, 6) is 0.00646. The quantitative estimate of drug-likeness (QED) is 0.821. The van der Waals surface area contributed by atoms with E-state index >= 15 is 0 Å². The molecule has 1 amide bonds. The van der Waals surface area contributed by atoms with Crippen LogP contribution in [0.15, 0.2) is 16.6 Å². The predicted molar refractivity (Wildman–Crippen MR) is 75.4 cm³/mol. The average molecular weight is 299 g/mol. The van der Waals surface area contributed by atoms with Crippen LogP contribution in [0.4, 0.5) is 5.69 Å². The molecule has 0 fully saturated rings. The van der Waals surface area contributed by atoms with E-state index in [1.165, 1.54) is 0 Å². The summed E-state index contributed by atoms with van der Waals surface area (Å²) in [6, 6.07) is 4.00. The van der Waals surface area contributed by atoms with Gasteiger partial charge in [-0.3, -0.25) is 4.79 Å². The van der Waals surface area contributed by atoms with Crippen molar-refractivity contribution in [1.29, 1.82) is 0 Å². The Kier molecular flexibility index (Phi) is 5.65. The van der Waals surface area contributed by atoms with Crippen molar-refractivity contribution in [2.75, 3.05) is 18.4 Å². The molecule has 1 rings (SSSR count). The fourth-order valence-corrected chi connectivity index (χ4v) is 2.36. The van der Waals surface area contributed by atoms with Crippen molar-refractivity contribution in [2.24, 2.45) is 0 Å². The van der Waals surface area contributed by atoms with Gasteiger partial charge in [0, 0.05) is 10.2 Å². The minimum atomic E-state index is 0.00646. The zero-order chi connectivity index (χ0) is 12.8. The van der Waals surface area contributed by atoms with Gasteiger partial charge >= 0.3 is 0 Å². The van der Waals surface area contributed by atoms with E-state index in [9.17, 15) is 4.79 Å². The molecule has 0 unspecified atom stereocenters. The fraction of sp³-hybridized carbons (Fsp3) is 0.462. The van der Waals surface area contributed by atoms with Crippen LogP contribution >= 0.6 is 15.9 Å². The van der Waals surface area contributed by atoms with Gasteiger partial charge in [-0.25, -0.2) is 0 Å². The number of carbonyl (C=O) groups excluding carboxylic acids is 1. The molecule has 0 radical (unpaired) electrons. The number of nitrogens with one attached hydrogen (secondary N) is 2. The van der Waals surface area contributed by atoms with Crippen molar-refractivity contribution >= 4 is 27.5 Å². The minimum Gasteiger partial charge on any atom is -0.324 e. The number of benzene rings is 1. The molecule has 3 nitrogen and oxygen atoms in total. The van der Waals surface area contributed by atoms with Crippen molar-refractivity contribution in [2.45, 2.75) is 27.2 Å². The minimum absolute atomic E-state index is 0.00646. The van der Waals surface area contributed by atoms with E-state index in [1.54, 1.807) is 0 Å². The number of halogens is 1. The highest BCUT2D eigenvalue weighted by atomic mass is 79.9. The summed E-state index contributed by atoms with van der Waals surface area (Å²) < 4.78 is 1.04. The van der Waals surface area contributed by atoms with Crippen LogP contribution in [0.5, 0.6) is 0 Å². The van der Waals surface area contributed by atoms with E-state index in [0.29, 0.717) is 6.54 Å². The number of hydrogen-bond donors (Lipinski definition) is 2. The Morgan fingerprint density at radius 1 is 1.29 bits per heavy atom. The largest absolute Gasteiger partial charge is 0.324 e. The van der Waals surface area contributed by atoms with Crippen molar-refractivity contribution in [3.63, 3.8) is 0 Å². The topological polar surface area (TPSA) is 41.1 Å². The van der Waals surface area contributed by atoms with Crippen LogP contribution in [-0.2, 0) is 4.79 Å². The predicted octanol–water partition coefficient (Wildman–Crippen LogP) is 3.00. The van der Waals surface area contributed by atoms with Crippen LogP contribution in [0.2, 0.25) is 0 Å². The van der Waals surface area contributed by atoms with Crippen LogP contribution < -0.4 is 10.6 Å². The van der Waals surface area contributed by atoms with Gasteiger partial charge in [0.05, 0.1) is 6.54 Å². The molecule has 0 heterocycles. The number of carbonyl (C=O) groups is 1. The zero-order valence-electron chi connectivity index (χ0n) is 10.6.